The minimum atomic E-state index is -0.936. The van der Waals surface area contributed by atoms with Gasteiger partial charge in [-0.05, 0) is 31.2 Å². The van der Waals surface area contributed by atoms with Crippen LogP contribution >= 0.6 is 0 Å². The van der Waals surface area contributed by atoms with Crippen molar-refractivity contribution in [3.63, 3.8) is 0 Å². The molecule has 0 saturated carbocycles. The highest BCUT2D eigenvalue weighted by Crippen LogP contribution is 2.19. The summed E-state index contributed by atoms with van der Waals surface area (Å²) in [6.07, 6.45) is 3.36. The van der Waals surface area contributed by atoms with Crippen molar-refractivity contribution in [2.75, 3.05) is 29.6 Å². The monoisotopic (exact) mass is 383 g/mol. The molecule has 0 spiro atoms. The number of aryl methyl sites for hydroxylation is 1. The first-order valence-electron chi connectivity index (χ1n) is 8.41. The highest BCUT2D eigenvalue weighted by molar-refractivity contribution is 6.04. The van der Waals surface area contributed by atoms with Gasteiger partial charge in [-0.25, -0.2) is 13.8 Å². The number of nitrogens with zero attached hydrogens (tertiary/aromatic N) is 5. The van der Waals surface area contributed by atoms with E-state index in [4.69, 9.17) is 0 Å². The maximum absolute atomic E-state index is 13.5. The number of halogens is 2. The molecule has 2 heterocycles. The maximum Gasteiger partial charge on any atom is 0.231 e. The molecule has 0 saturated heterocycles. The van der Waals surface area contributed by atoms with Crippen molar-refractivity contribution in [3.05, 3.63) is 66.1 Å². The number of aliphatic imine (C=N–C) groups is 1. The molecule has 0 radical (unpaired) electrons. The van der Waals surface area contributed by atoms with E-state index in [0.29, 0.717) is 23.4 Å². The van der Waals surface area contributed by atoms with Crippen LogP contribution in [0.15, 0.2) is 53.8 Å². The molecule has 0 atom stereocenters. The Labute approximate surface area is 161 Å². The minimum absolute atomic E-state index is 0.307. The van der Waals surface area contributed by atoms with E-state index in [1.54, 1.807) is 37.5 Å². The second-order valence-corrected chi connectivity index (χ2v) is 5.91. The van der Waals surface area contributed by atoms with Gasteiger partial charge in [0.2, 0.25) is 11.9 Å². The van der Waals surface area contributed by atoms with Crippen LogP contribution in [0.2, 0.25) is 0 Å². The molecule has 3 aromatic rings. The van der Waals surface area contributed by atoms with Gasteiger partial charge in [-0.15, -0.1) is 0 Å². The van der Waals surface area contributed by atoms with Crippen molar-refractivity contribution in [1.82, 2.24) is 15.0 Å². The molecule has 9 heteroatoms. The molecule has 3 rings (SSSR count). The Morgan fingerprint density at radius 1 is 1.11 bits per heavy atom. The number of hydrogen-bond acceptors (Lipinski definition) is 5. The largest absolute Gasteiger partial charge is 0.339 e. The number of rotatable bonds is 4. The minimum Gasteiger partial charge on any atom is -0.339 e. The van der Waals surface area contributed by atoms with Gasteiger partial charge in [0.05, 0.1) is 11.9 Å². The molecule has 0 aliphatic heterocycles. The molecule has 0 aliphatic rings. The van der Waals surface area contributed by atoms with Crippen molar-refractivity contribution in [2.45, 2.75) is 6.92 Å². The average Bonchev–Trinajstić information content (AvgIpc) is 2.68. The maximum atomic E-state index is 13.5. The predicted molar refractivity (Wildman–Crippen MR) is 106 cm³/mol. The van der Waals surface area contributed by atoms with E-state index < -0.39 is 11.6 Å². The predicted octanol–water partition coefficient (Wildman–Crippen LogP) is 3.74. The third-order valence-corrected chi connectivity index (χ3v) is 3.83. The summed E-state index contributed by atoms with van der Waals surface area (Å²) < 4.78 is 26.7. The standard InChI is InChI=1S/C19H19F2N7/c1-12-9-17(25-13-5-4-8-23-11-13)26-18(24-12)27-19(22-2)28(3)14-6-7-15(20)16(21)10-14/h4-11H,1-3H3,(H2,22,24,25,26,27). The van der Waals surface area contributed by atoms with Gasteiger partial charge < -0.3 is 10.2 Å². The quantitative estimate of drug-likeness (QED) is 0.528. The SMILES string of the molecule is C/N=C(\Nc1nc(C)cc(Nc2cccnc2)n1)N(C)c1ccc(F)c(F)c1. The first-order chi connectivity index (χ1) is 13.5. The summed E-state index contributed by atoms with van der Waals surface area (Å²) in [5.74, 6) is -0.595. The molecule has 7 nitrogen and oxygen atoms in total. The first kappa shape index (κ1) is 19.2. The Balaban J connectivity index is 1.81. The molecule has 2 N–H and O–H groups in total. The van der Waals surface area contributed by atoms with E-state index in [2.05, 4.69) is 30.6 Å². The Kier molecular flexibility index (Phi) is 5.73. The van der Waals surface area contributed by atoms with Gasteiger partial charge in [0.25, 0.3) is 0 Å². The van der Waals surface area contributed by atoms with Crippen molar-refractivity contribution < 1.29 is 8.78 Å². The summed E-state index contributed by atoms with van der Waals surface area (Å²) in [5.41, 5.74) is 1.94. The van der Waals surface area contributed by atoms with Crippen LogP contribution in [-0.4, -0.2) is 35.0 Å². The van der Waals surface area contributed by atoms with Gasteiger partial charge in [0.15, 0.2) is 11.6 Å². The molecule has 0 fully saturated rings. The molecular formula is C19H19F2N7. The fourth-order valence-corrected chi connectivity index (χ4v) is 2.48. The summed E-state index contributed by atoms with van der Waals surface area (Å²) in [7, 11) is 3.25. The summed E-state index contributed by atoms with van der Waals surface area (Å²) in [6.45, 7) is 1.84. The number of hydrogen-bond donors (Lipinski definition) is 2. The van der Waals surface area contributed by atoms with Crippen molar-refractivity contribution in [1.29, 1.82) is 0 Å². The number of benzene rings is 1. The lowest BCUT2D eigenvalue weighted by Gasteiger charge is -2.22. The van der Waals surface area contributed by atoms with E-state index in [0.717, 1.165) is 23.5 Å². The third-order valence-electron chi connectivity index (χ3n) is 3.83. The Morgan fingerprint density at radius 3 is 2.61 bits per heavy atom. The van der Waals surface area contributed by atoms with Crippen molar-refractivity contribution in [3.8, 4) is 0 Å². The zero-order valence-corrected chi connectivity index (χ0v) is 15.6. The van der Waals surface area contributed by atoms with Crippen LogP contribution < -0.4 is 15.5 Å². The number of guanidine groups is 1. The lowest BCUT2D eigenvalue weighted by molar-refractivity contribution is 0.509. The Morgan fingerprint density at radius 2 is 1.93 bits per heavy atom. The zero-order valence-electron chi connectivity index (χ0n) is 15.6. The molecule has 0 amide bonds. The Bertz CT molecular complexity index is 993. The average molecular weight is 383 g/mol. The zero-order chi connectivity index (χ0) is 20.1. The van der Waals surface area contributed by atoms with Gasteiger partial charge in [-0.3, -0.25) is 15.3 Å². The lowest BCUT2D eigenvalue weighted by Crippen LogP contribution is -2.33. The molecule has 144 valence electrons. The smallest absolute Gasteiger partial charge is 0.231 e. The number of aromatic nitrogens is 3. The van der Waals surface area contributed by atoms with Crippen LogP contribution in [-0.2, 0) is 0 Å². The van der Waals surface area contributed by atoms with Crippen LogP contribution in [0.3, 0.4) is 0 Å². The van der Waals surface area contributed by atoms with Crippen molar-refractivity contribution in [2.24, 2.45) is 4.99 Å². The van der Waals surface area contributed by atoms with E-state index in [9.17, 15) is 8.78 Å². The van der Waals surface area contributed by atoms with Crippen LogP contribution in [0, 0.1) is 18.6 Å². The number of anilines is 4. The molecular weight excluding hydrogens is 364 g/mol. The van der Waals surface area contributed by atoms with E-state index in [-0.39, 0.29) is 0 Å². The van der Waals surface area contributed by atoms with Crippen LogP contribution in [0.25, 0.3) is 0 Å². The molecule has 1 aromatic carbocycles. The van der Waals surface area contributed by atoms with E-state index in [1.807, 2.05) is 19.1 Å². The molecule has 0 aliphatic carbocycles. The summed E-state index contributed by atoms with van der Waals surface area (Å²) in [5, 5.41) is 6.16. The fourth-order valence-electron chi connectivity index (χ4n) is 2.48. The van der Waals surface area contributed by atoms with E-state index >= 15 is 0 Å². The first-order valence-corrected chi connectivity index (χ1v) is 8.41. The summed E-state index contributed by atoms with van der Waals surface area (Å²) in [6, 6.07) is 9.08. The lowest BCUT2D eigenvalue weighted by atomic mass is 10.3. The van der Waals surface area contributed by atoms with Crippen molar-refractivity contribution >= 4 is 29.1 Å². The summed E-state index contributed by atoms with van der Waals surface area (Å²) in [4.78, 5) is 18.6. The number of nitrogens with one attached hydrogen (secondary N) is 2. The summed E-state index contributed by atoms with van der Waals surface area (Å²) >= 11 is 0. The van der Waals surface area contributed by atoms with Gasteiger partial charge in [0.1, 0.15) is 5.82 Å². The number of pyridine rings is 1. The molecule has 0 unspecified atom stereocenters. The van der Waals surface area contributed by atoms with Crippen LogP contribution in [0.4, 0.5) is 31.9 Å². The normalized spacial score (nSPS) is 11.2. The van der Waals surface area contributed by atoms with Gasteiger partial charge in [-0.2, -0.15) is 4.98 Å². The second kappa shape index (κ2) is 8.38. The van der Waals surface area contributed by atoms with Gasteiger partial charge >= 0.3 is 0 Å². The van der Waals surface area contributed by atoms with E-state index in [1.165, 1.54) is 6.07 Å². The topological polar surface area (TPSA) is 78.3 Å². The highest BCUT2D eigenvalue weighted by atomic mass is 19.2. The third kappa shape index (κ3) is 4.56. The molecule has 0 bridgehead atoms. The van der Waals surface area contributed by atoms with Crippen LogP contribution in [0.1, 0.15) is 5.69 Å². The van der Waals surface area contributed by atoms with Crippen LogP contribution in [0.5, 0.6) is 0 Å². The second-order valence-electron chi connectivity index (χ2n) is 5.91. The highest BCUT2D eigenvalue weighted by Gasteiger charge is 2.13. The fraction of sp³-hybridized carbons (Fsp3) is 0.158. The van der Waals surface area contributed by atoms with Gasteiger partial charge in [0, 0.05) is 43.8 Å². The van der Waals surface area contributed by atoms with Gasteiger partial charge in [-0.1, -0.05) is 0 Å². The Hall–Kier alpha value is -3.62. The molecule has 2 aromatic heterocycles. The molecule has 28 heavy (non-hydrogen) atoms.